The van der Waals surface area contributed by atoms with Crippen LogP contribution >= 0.6 is 0 Å². The first kappa shape index (κ1) is 20.9. The van der Waals surface area contributed by atoms with E-state index in [1.165, 1.54) is 7.11 Å². The third-order valence-electron chi connectivity index (χ3n) is 4.87. The van der Waals surface area contributed by atoms with Gasteiger partial charge in [0.25, 0.3) is 0 Å². The number of rotatable bonds is 3. The van der Waals surface area contributed by atoms with Crippen molar-refractivity contribution in [1.29, 1.82) is 0 Å². The average molecular weight is 367 g/mol. The van der Waals surface area contributed by atoms with Crippen LogP contribution in [0.1, 0.15) is 25.3 Å². The van der Waals surface area contributed by atoms with Gasteiger partial charge in [0.1, 0.15) is 0 Å². The minimum absolute atomic E-state index is 0.213. The molecule has 1 N–H and O–H groups in total. The maximum atomic E-state index is 12.0. The summed E-state index contributed by atoms with van der Waals surface area (Å²) in [7, 11) is 1.40. The third kappa shape index (κ3) is 5.06. The van der Waals surface area contributed by atoms with Crippen molar-refractivity contribution in [3.63, 3.8) is 0 Å². The molecule has 0 saturated carbocycles. The molecule has 2 aliphatic rings. The molecule has 1 saturated heterocycles. The topological polar surface area (TPSA) is 47.6 Å². The Morgan fingerprint density at radius 1 is 1.22 bits per heavy atom. The highest BCUT2D eigenvalue weighted by molar-refractivity contribution is 5.93. The monoisotopic (exact) mass is 367 g/mol. The summed E-state index contributed by atoms with van der Waals surface area (Å²) in [5.74, 6) is -0.329. The maximum Gasteiger partial charge on any atom is 0.337 e. The van der Waals surface area contributed by atoms with Gasteiger partial charge >= 0.3 is 5.97 Å². The number of allylic oxidation sites excluding steroid dienone is 1. The van der Waals surface area contributed by atoms with Gasteiger partial charge in [0.15, 0.2) is 0 Å². The second kappa shape index (κ2) is 10.0. The molecule has 0 atom stereocenters. The van der Waals surface area contributed by atoms with Crippen molar-refractivity contribution in [2.45, 2.75) is 25.4 Å². The predicted molar refractivity (Wildman–Crippen MR) is 110 cm³/mol. The molecule has 0 bridgehead atoms. The van der Waals surface area contributed by atoms with E-state index >= 15 is 0 Å². The lowest BCUT2D eigenvalue weighted by Crippen LogP contribution is -2.44. The third-order valence-corrected chi connectivity index (χ3v) is 4.87. The van der Waals surface area contributed by atoms with Crippen molar-refractivity contribution in [2.24, 2.45) is 0 Å². The number of benzene rings is 1. The number of methoxy groups -OCH3 is 1. The van der Waals surface area contributed by atoms with Gasteiger partial charge < -0.3 is 14.8 Å². The smallest absolute Gasteiger partial charge is 0.337 e. The molecule has 0 unspecified atom stereocenters. The molecule has 1 fully saturated rings. The van der Waals surface area contributed by atoms with E-state index in [1.807, 2.05) is 31.2 Å². The molecule has 2 aliphatic heterocycles. The standard InChI is InChI=1S/C21H25NO3.C2H4/c1-3-16(20(23)24-2)13-18-15-25-21(9-11-22-12-10-21)14-19(18)17-7-5-4-6-8-17;1-2/h3-8,13-14,22H,9-12,15H2,1-2H3;1-2H2/b16-3+,18-13+;. The molecule has 3 rings (SSSR count). The largest absolute Gasteiger partial charge is 0.465 e. The molecule has 144 valence electrons. The summed E-state index contributed by atoms with van der Waals surface area (Å²) in [6, 6.07) is 10.3. The normalized spacial score (nSPS) is 20.4. The highest BCUT2D eigenvalue weighted by atomic mass is 16.5. The summed E-state index contributed by atoms with van der Waals surface area (Å²) in [6.45, 7) is 10.3. The van der Waals surface area contributed by atoms with Gasteiger partial charge in [-0.05, 0) is 61.7 Å². The summed E-state index contributed by atoms with van der Waals surface area (Å²) >= 11 is 0. The molecule has 4 nitrogen and oxygen atoms in total. The van der Waals surface area contributed by atoms with Gasteiger partial charge in [0.05, 0.1) is 24.9 Å². The minimum atomic E-state index is -0.329. The average Bonchev–Trinajstić information content (AvgIpc) is 2.75. The van der Waals surface area contributed by atoms with Crippen LogP contribution in [0.3, 0.4) is 0 Å². The van der Waals surface area contributed by atoms with E-state index in [0.717, 1.165) is 42.6 Å². The van der Waals surface area contributed by atoms with E-state index in [-0.39, 0.29) is 11.6 Å². The Morgan fingerprint density at radius 3 is 2.48 bits per heavy atom. The Morgan fingerprint density at radius 2 is 1.89 bits per heavy atom. The molecule has 4 heteroatoms. The first-order valence-corrected chi connectivity index (χ1v) is 9.26. The molecule has 1 aromatic carbocycles. The van der Waals surface area contributed by atoms with E-state index in [1.54, 1.807) is 6.08 Å². The Labute approximate surface area is 162 Å². The summed E-state index contributed by atoms with van der Waals surface area (Å²) in [5, 5.41) is 3.39. The number of esters is 1. The molecule has 1 aromatic rings. The van der Waals surface area contributed by atoms with E-state index < -0.39 is 0 Å². The molecular weight excluding hydrogens is 338 g/mol. The van der Waals surface area contributed by atoms with Crippen molar-refractivity contribution in [2.75, 3.05) is 26.8 Å². The quantitative estimate of drug-likeness (QED) is 0.497. The van der Waals surface area contributed by atoms with Crippen molar-refractivity contribution in [3.05, 3.63) is 78.4 Å². The van der Waals surface area contributed by atoms with Crippen molar-refractivity contribution in [3.8, 4) is 0 Å². The molecular formula is C23H29NO3. The Kier molecular flexibility index (Phi) is 7.77. The molecule has 2 heterocycles. The van der Waals surface area contributed by atoms with Gasteiger partial charge in [-0.3, -0.25) is 0 Å². The van der Waals surface area contributed by atoms with Crippen molar-refractivity contribution >= 4 is 11.5 Å². The van der Waals surface area contributed by atoms with Crippen LogP contribution in [0.15, 0.2) is 72.9 Å². The highest BCUT2D eigenvalue weighted by Gasteiger charge is 2.35. The molecule has 0 amide bonds. The highest BCUT2D eigenvalue weighted by Crippen LogP contribution is 2.38. The fraction of sp³-hybridized carbons (Fsp3) is 0.348. The molecule has 1 spiro atoms. The summed E-state index contributed by atoms with van der Waals surface area (Å²) < 4.78 is 11.1. The summed E-state index contributed by atoms with van der Waals surface area (Å²) in [6.07, 6.45) is 7.84. The molecule has 0 radical (unpaired) electrons. The first-order chi connectivity index (χ1) is 13.2. The van der Waals surface area contributed by atoms with Gasteiger partial charge in [-0.25, -0.2) is 4.79 Å². The Hall–Kier alpha value is -2.43. The minimum Gasteiger partial charge on any atom is -0.465 e. The maximum absolute atomic E-state index is 12.0. The molecule has 0 aromatic heterocycles. The summed E-state index contributed by atoms with van der Waals surface area (Å²) in [4.78, 5) is 12.0. The predicted octanol–water partition coefficient (Wildman–Crippen LogP) is 4.07. The van der Waals surface area contributed by atoms with Crippen LogP contribution in [0.5, 0.6) is 0 Å². The number of nitrogens with one attached hydrogen (secondary N) is 1. The molecule has 0 aliphatic carbocycles. The zero-order chi connectivity index (χ0) is 19.7. The first-order valence-electron chi connectivity index (χ1n) is 9.26. The van der Waals surface area contributed by atoms with Gasteiger partial charge in [0, 0.05) is 0 Å². The van der Waals surface area contributed by atoms with Crippen LogP contribution in [0.4, 0.5) is 0 Å². The number of hydrogen-bond acceptors (Lipinski definition) is 4. The zero-order valence-corrected chi connectivity index (χ0v) is 16.3. The van der Waals surface area contributed by atoms with E-state index in [2.05, 4.69) is 36.7 Å². The lowest BCUT2D eigenvalue weighted by Gasteiger charge is -2.39. The lowest BCUT2D eigenvalue weighted by atomic mass is 9.83. The van der Waals surface area contributed by atoms with Gasteiger partial charge in [-0.2, -0.15) is 0 Å². The number of carbonyl (C=O) groups is 1. The van der Waals surface area contributed by atoms with Gasteiger partial charge in [0.2, 0.25) is 0 Å². The van der Waals surface area contributed by atoms with Crippen LogP contribution in [0.2, 0.25) is 0 Å². The van der Waals surface area contributed by atoms with E-state index in [0.29, 0.717) is 12.2 Å². The Bertz CT molecular complexity index is 725. The van der Waals surface area contributed by atoms with Gasteiger partial charge in [-0.15, -0.1) is 13.2 Å². The number of ether oxygens (including phenoxy) is 2. The lowest BCUT2D eigenvalue weighted by molar-refractivity contribution is -0.135. The second-order valence-corrected chi connectivity index (χ2v) is 6.43. The number of carbonyl (C=O) groups excluding carboxylic acids is 1. The number of hydrogen-bond donors (Lipinski definition) is 1. The fourth-order valence-electron chi connectivity index (χ4n) is 3.41. The van der Waals surface area contributed by atoms with E-state index in [4.69, 9.17) is 9.47 Å². The molecule has 27 heavy (non-hydrogen) atoms. The van der Waals surface area contributed by atoms with Crippen LogP contribution in [0, 0.1) is 0 Å². The van der Waals surface area contributed by atoms with Crippen LogP contribution in [-0.2, 0) is 14.3 Å². The Balaban J connectivity index is 0.00000126. The summed E-state index contributed by atoms with van der Waals surface area (Å²) in [5.41, 5.74) is 3.64. The van der Waals surface area contributed by atoms with Crippen molar-refractivity contribution in [1.82, 2.24) is 5.32 Å². The van der Waals surface area contributed by atoms with Crippen molar-refractivity contribution < 1.29 is 14.3 Å². The second-order valence-electron chi connectivity index (χ2n) is 6.43. The zero-order valence-electron chi connectivity index (χ0n) is 16.3. The SMILES string of the molecule is C/C=C(\C=C1/COC2(C=C1c1ccccc1)CCNCC2)C(=O)OC.C=C. The van der Waals surface area contributed by atoms with Crippen LogP contribution in [-0.4, -0.2) is 38.4 Å². The van der Waals surface area contributed by atoms with E-state index in [9.17, 15) is 4.79 Å². The van der Waals surface area contributed by atoms with Crippen LogP contribution < -0.4 is 5.32 Å². The fourth-order valence-corrected chi connectivity index (χ4v) is 3.41. The van der Waals surface area contributed by atoms with Crippen LogP contribution in [0.25, 0.3) is 5.57 Å². The van der Waals surface area contributed by atoms with Gasteiger partial charge in [-0.1, -0.05) is 36.4 Å². The number of piperidine rings is 1.